The molecule has 0 aromatic carbocycles. The molecule has 3 nitrogen and oxygen atoms in total. The molecule has 0 saturated heterocycles. The maximum atomic E-state index is 11.5. The lowest BCUT2D eigenvalue weighted by Crippen LogP contribution is -2.43. The lowest BCUT2D eigenvalue weighted by Gasteiger charge is -2.22. The van der Waals surface area contributed by atoms with Gasteiger partial charge in [-0.25, -0.2) is 5.43 Å². The number of carbonyl (C=O) groups is 1. The zero-order valence-corrected chi connectivity index (χ0v) is 10.1. The van der Waals surface area contributed by atoms with Gasteiger partial charge in [-0.15, -0.1) is 0 Å². The zero-order chi connectivity index (χ0) is 11.2. The number of rotatable bonds is 6. The predicted octanol–water partition coefficient (Wildman–Crippen LogP) is 1.88. The van der Waals surface area contributed by atoms with E-state index in [1.54, 1.807) is 7.05 Å². The van der Waals surface area contributed by atoms with Crippen molar-refractivity contribution in [1.29, 1.82) is 0 Å². The van der Waals surface area contributed by atoms with Crippen LogP contribution in [-0.4, -0.2) is 18.9 Å². The molecule has 0 fully saturated rings. The second-order valence-corrected chi connectivity index (χ2v) is 4.87. The van der Waals surface area contributed by atoms with Crippen LogP contribution in [0.5, 0.6) is 0 Å². The Bertz CT molecular complexity index is 173. The largest absolute Gasteiger partial charge is 0.298 e. The van der Waals surface area contributed by atoms with E-state index in [2.05, 4.69) is 31.6 Å². The summed E-state index contributed by atoms with van der Waals surface area (Å²) in [5, 5.41) is 0. The first-order valence-corrected chi connectivity index (χ1v) is 5.35. The topological polar surface area (TPSA) is 41.1 Å². The molecule has 1 unspecified atom stereocenters. The summed E-state index contributed by atoms with van der Waals surface area (Å²) in [6.45, 7) is 8.49. The van der Waals surface area contributed by atoms with Crippen LogP contribution in [0.3, 0.4) is 0 Å². The van der Waals surface area contributed by atoms with Gasteiger partial charge in [0.25, 0.3) is 0 Å². The minimum atomic E-state index is -0.0378. The normalized spacial score (nSPS) is 14.1. The van der Waals surface area contributed by atoms with E-state index >= 15 is 0 Å². The predicted molar refractivity (Wildman–Crippen MR) is 60.0 cm³/mol. The highest BCUT2D eigenvalue weighted by molar-refractivity contribution is 5.83. The molecule has 2 N–H and O–H groups in total. The Morgan fingerprint density at radius 2 is 1.93 bits per heavy atom. The van der Waals surface area contributed by atoms with E-state index in [1.165, 1.54) is 0 Å². The van der Waals surface area contributed by atoms with Crippen molar-refractivity contribution in [3.05, 3.63) is 0 Å². The lowest BCUT2D eigenvalue weighted by atomic mass is 9.88. The smallest absolute Gasteiger partial charge is 0.150 e. The summed E-state index contributed by atoms with van der Waals surface area (Å²) < 4.78 is 0. The molecule has 0 aliphatic heterocycles. The van der Waals surface area contributed by atoms with Crippen molar-refractivity contribution in [2.45, 2.75) is 53.0 Å². The van der Waals surface area contributed by atoms with E-state index in [0.29, 0.717) is 11.8 Å². The highest BCUT2D eigenvalue weighted by Gasteiger charge is 2.19. The molecule has 1 atom stereocenters. The van der Waals surface area contributed by atoms with Crippen LogP contribution in [0.15, 0.2) is 0 Å². The van der Waals surface area contributed by atoms with Crippen molar-refractivity contribution in [3.63, 3.8) is 0 Å². The highest BCUT2D eigenvalue weighted by Crippen LogP contribution is 2.21. The first-order valence-electron chi connectivity index (χ1n) is 5.35. The number of Topliss-reactive ketones (excluding diaryl/α,β-unsaturated/α-hetero) is 1. The van der Waals surface area contributed by atoms with E-state index in [4.69, 9.17) is 0 Å². The summed E-state index contributed by atoms with van der Waals surface area (Å²) in [6.07, 6.45) is 2.55. The first kappa shape index (κ1) is 13.6. The molecular weight excluding hydrogens is 176 g/mol. The van der Waals surface area contributed by atoms with Gasteiger partial charge >= 0.3 is 0 Å². The number of ketones is 1. The van der Waals surface area contributed by atoms with Crippen LogP contribution in [-0.2, 0) is 4.79 Å². The van der Waals surface area contributed by atoms with Crippen molar-refractivity contribution in [1.82, 2.24) is 10.9 Å². The Kier molecular flexibility index (Phi) is 5.96. The van der Waals surface area contributed by atoms with Gasteiger partial charge in [-0.1, -0.05) is 27.7 Å². The minimum absolute atomic E-state index is 0.0378. The van der Waals surface area contributed by atoms with Gasteiger partial charge in [0, 0.05) is 6.42 Å². The number of hydrogen-bond donors (Lipinski definition) is 2. The molecule has 0 aliphatic rings. The van der Waals surface area contributed by atoms with E-state index in [9.17, 15) is 4.79 Å². The molecule has 84 valence electrons. The molecule has 0 rings (SSSR count). The number of carbonyl (C=O) groups excluding carboxylic acids is 1. The van der Waals surface area contributed by atoms with Crippen LogP contribution >= 0.6 is 0 Å². The molecule has 0 amide bonds. The fourth-order valence-electron chi connectivity index (χ4n) is 1.31. The number of hydrazine groups is 1. The molecule has 0 aromatic rings. The van der Waals surface area contributed by atoms with Crippen LogP contribution in [0.2, 0.25) is 0 Å². The fourth-order valence-corrected chi connectivity index (χ4v) is 1.31. The van der Waals surface area contributed by atoms with Crippen molar-refractivity contribution in [3.8, 4) is 0 Å². The van der Waals surface area contributed by atoms with Gasteiger partial charge in [0.05, 0.1) is 6.04 Å². The molecule has 0 spiro atoms. The van der Waals surface area contributed by atoms with Gasteiger partial charge in [-0.05, 0) is 25.3 Å². The first-order chi connectivity index (χ1) is 6.40. The maximum Gasteiger partial charge on any atom is 0.150 e. The third kappa shape index (κ3) is 6.11. The fraction of sp³-hybridized carbons (Fsp3) is 0.909. The average Bonchev–Trinajstić information content (AvgIpc) is 2.09. The summed E-state index contributed by atoms with van der Waals surface area (Å²) in [6, 6.07) is -0.0378. The zero-order valence-electron chi connectivity index (χ0n) is 10.1. The van der Waals surface area contributed by atoms with Crippen molar-refractivity contribution in [2.24, 2.45) is 5.41 Å². The van der Waals surface area contributed by atoms with E-state index in [0.717, 1.165) is 12.8 Å². The summed E-state index contributed by atoms with van der Waals surface area (Å²) in [4.78, 5) is 11.5. The Balaban J connectivity index is 4.03. The van der Waals surface area contributed by atoms with Crippen LogP contribution < -0.4 is 10.9 Å². The van der Waals surface area contributed by atoms with Gasteiger partial charge in [0.15, 0.2) is 5.78 Å². The molecule has 14 heavy (non-hydrogen) atoms. The van der Waals surface area contributed by atoms with Gasteiger partial charge < -0.3 is 0 Å². The van der Waals surface area contributed by atoms with Gasteiger partial charge in [-0.2, -0.15) is 0 Å². The van der Waals surface area contributed by atoms with Gasteiger partial charge in [-0.3, -0.25) is 10.2 Å². The standard InChI is InChI=1S/C11H24N2O/c1-6-10(14)9(13-12-5)7-8-11(2,3)4/h9,12-13H,6-8H2,1-5H3. The van der Waals surface area contributed by atoms with Gasteiger partial charge in [0.2, 0.25) is 0 Å². The molecule has 0 aliphatic carbocycles. The number of hydrogen-bond acceptors (Lipinski definition) is 3. The lowest BCUT2D eigenvalue weighted by molar-refractivity contribution is -0.121. The second-order valence-electron chi connectivity index (χ2n) is 4.87. The Hall–Kier alpha value is -0.410. The SMILES string of the molecule is CCC(=O)C(CCC(C)(C)C)NNC. The minimum Gasteiger partial charge on any atom is -0.298 e. The van der Waals surface area contributed by atoms with E-state index in [-0.39, 0.29) is 11.8 Å². The quantitative estimate of drug-likeness (QED) is 0.643. The molecule has 0 heterocycles. The Labute approximate surface area is 87.6 Å². The van der Waals surface area contributed by atoms with Crippen LogP contribution in [0.4, 0.5) is 0 Å². The second kappa shape index (κ2) is 6.14. The van der Waals surface area contributed by atoms with E-state index in [1.807, 2.05) is 6.92 Å². The Morgan fingerprint density at radius 3 is 2.29 bits per heavy atom. The molecular formula is C11H24N2O. The third-order valence-electron chi connectivity index (χ3n) is 2.24. The van der Waals surface area contributed by atoms with Crippen molar-refractivity contribution >= 4 is 5.78 Å². The summed E-state index contributed by atoms with van der Waals surface area (Å²) >= 11 is 0. The van der Waals surface area contributed by atoms with Gasteiger partial charge in [0.1, 0.15) is 0 Å². The number of nitrogens with one attached hydrogen (secondary N) is 2. The molecule has 3 heteroatoms. The Morgan fingerprint density at radius 1 is 1.36 bits per heavy atom. The maximum absolute atomic E-state index is 11.5. The van der Waals surface area contributed by atoms with E-state index < -0.39 is 0 Å². The third-order valence-corrected chi connectivity index (χ3v) is 2.24. The summed E-state index contributed by atoms with van der Waals surface area (Å²) in [5.74, 6) is 0.281. The van der Waals surface area contributed by atoms with Crippen molar-refractivity contribution < 1.29 is 4.79 Å². The molecule has 0 saturated carbocycles. The van der Waals surface area contributed by atoms with Crippen LogP contribution in [0.1, 0.15) is 47.0 Å². The molecule has 0 aromatic heterocycles. The van der Waals surface area contributed by atoms with Crippen LogP contribution in [0, 0.1) is 5.41 Å². The summed E-state index contributed by atoms with van der Waals surface area (Å²) in [5.41, 5.74) is 6.15. The molecule has 0 bridgehead atoms. The monoisotopic (exact) mass is 200 g/mol. The van der Waals surface area contributed by atoms with Crippen molar-refractivity contribution in [2.75, 3.05) is 7.05 Å². The van der Waals surface area contributed by atoms with Crippen LogP contribution in [0.25, 0.3) is 0 Å². The average molecular weight is 200 g/mol. The summed E-state index contributed by atoms with van der Waals surface area (Å²) in [7, 11) is 1.80. The molecule has 0 radical (unpaired) electrons. The highest BCUT2D eigenvalue weighted by atomic mass is 16.1.